The molecule has 1 fully saturated rings. The van der Waals surface area contributed by atoms with Gasteiger partial charge in [-0.3, -0.25) is 24.1 Å². The van der Waals surface area contributed by atoms with Gasteiger partial charge in [-0.1, -0.05) is 12.1 Å². The topological polar surface area (TPSA) is 78.0 Å². The summed E-state index contributed by atoms with van der Waals surface area (Å²) >= 11 is 0. The lowest BCUT2D eigenvalue weighted by Gasteiger charge is -2.37. The average Bonchev–Trinajstić information content (AvgIpc) is 2.85. The molecule has 1 unspecified atom stereocenters. The number of carbonyl (C=O) groups excluding carboxylic acids is 4. The molecular formula is C18H21N3O4. The minimum Gasteiger partial charge on any atom is -0.342 e. The molecule has 2 aliphatic heterocycles. The second-order valence-electron chi connectivity index (χ2n) is 6.43. The molecule has 0 aliphatic carbocycles. The number of benzene rings is 1. The van der Waals surface area contributed by atoms with Gasteiger partial charge in [0.25, 0.3) is 11.8 Å². The second kappa shape index (κ2) is 6.66. The van der Waals surface area contributed by atoms with Crippen LogP contribution in [-0.4, -0.2) is 71.1 Å². The number of carbonyl (C=O) groups is 4. The molecule has 2 heterocycles. The number of piperazine rings is 1. The van der Waals surface area contributed by atoms with E-state index in [2.05, 4.69) is 0 Å². The van der Waals surface area contributed by atoms with Crippen LogP contribution in [0.1, 0.15) is 40.5 Å². The number of fused-ring (bicyclic) bond motifs is 1. The molecule has 7 nitrogen and oxygen atoms in total. The molecule has 1 aromatic rings. The Bertz CT molecular complexity index is 711. The van der Waals surface area contributed by atoms with E-state index in [0.29, 0.717) is 30.6 Å². The molecule has 3 rings (SSSR count). The van der Waals surface area contributed by atoms with E-state index >= 15 is 0 Å². The van der Waals surface area contributed by atoms with Crippen molar-refractivity contribution in [2.45, 2.75) is 25.8 Å². The fraction of sp³-hybridized carbons (Fsp3) is 0.444. The van der Waals surface area contributed by atoms with Crippen LogP contribution in [0.4, 0.5) is 0 Å². The van der Waals surface area contributed by atoms with Crippen molar-refractivity contribution in [2.75, 3.05) is 26.7 Å². The summed E-state index contributed by atoms with van der Waals surface area (Å²) in [7, 11) is 1.73. The molecule has 1 aromatic carbocycles. The van der Waals surface area contributed by atoms with Crippen molar-refractivity contribution in [1.29, 1.82) is 0 Å². The van der Waals surface area contributed by atoms with E-state index in [0.717, 1.165) is 0 Å². The van der Waals surface area contributed by atoms with Crippen LogP contribution in [0.5, 0.6) is 0 Å². The van der Waals surface area contributed by atoms with Crippen LogP contribution in [-0.2, 0) is 9.59 Å². The zero-order valence-corrected chi connectivity index (χ0v) is 14.4. The lowest BCUT2D eigenvalue weighted by Crippen LogP contribution is -2.56. The quantitative estimate of drug-likeness (QED) is 0.756. The van der Waals surface area contributed by atoms with Crippen LogP contribution in [0.3, 0.4) is 0 Å². The van der Waals surface area contributed by atoms with E-state index in [1.807, 2.05) is 0 Å². The summed E-state index contributed by atoms with van der Waals surface area (Å²) in [6.07, 6.45) is 0.590. The summed E-state index contributed by atoms with van der Waals surface area (Å²) in [5.41, 5.74) is 0.828. The highest BCUT2D eigenvalue weighted by atomic mass is 16.2. The summed E-state index contributed by atoms with van der Waals surface area (Å²) in [6, 6.07) is 6.26. The third-order valence-corrected chi connectivity index (χ3v) is 4.85. The Labute approximate surface area is 146 Å². The highest BCUT2D eigenvalue weighted by Gasteiger charge is 2.35. The lowest BCUT2D eigenvalue weighted by molar-refractivity contribution is -0.149. The largest absolute Gasteiger partial charge is 0.342 e. The van der Waals surface area contributed by atoms with Gasteiger partial charge in [-0.2, -0.15) is 0 Å². The number of hydrogen-bond donors (Lipinski definition) is 0. The first kappa shape index (κ1) is 17.1. The van der Waals surface area contributed by atoms with Gasteiger partial charge in [-0.05, 0) is 25.5 Å². The van der Waals surface area contributed by atoms with E-state index in [1.54, 1.807) is 48.0 Å². The molecule has 0 aromatic heterocycles. The van der Waals surface area contributed by atoms with E-state index in [9.17, 15) is 19.2 Å². The Balaban J connectivity index is 1.55. The van der Waals surface area contributed by atoms with E-state index in [-0.39, 0.29) is 36.6 Å². The number of hydrogen-bond acceptors (Lipinski definition) is 4. The fourth-order valence-electron chi connectivity index (χ4n) is 3.33. The van der Waals surface area contributed by atoms with Crippen molar-refractivity contribution in [2.24, 2.45) is 0 Å². The van der Waals surface area contributed by atoms with Crippen molar-refractivity contribution in [1.82, 2.24) is 14.7 Å². The maximum absolute atomic E-state index is 12.4. The predicted octanol–water partition coefficient (Wildman–Crippen LogP) is 0.752. The first-order chi connectivity index (χ1) is 11.9. The Hall–Kier alpha value is -2.70. The van der Waals surface area contributed by atoms with Crippen LogP contribution >= 0.6 is 0 Å². The molecule has 132 valence electrons. The van der Waals surface area contributed by atoms with E-state index in [4.69, 9.17) is 0 Å². The number of rotatable bonds is 4. The first-order valence-corrected chi connectivity index (χ1v) is 8.41. The Morgan fingerprint density at radius 2 is 1.68 bits per heavy atom. The van der Waals surface area contributed by atoms with E-state index < -0.39 is 6.04 Å². The van der Waals surface area contributed by atoms with Gasteiger partial charge >= 0.3 is 0 Å². The minimum atomic E-state index is -0.467. The van der Waals surface area contributed by atoms with Crippen molar-refractivity contribution in [3.8, 4) is 0 Å². The van der Waals surface area contributed by atoms with E-state index in [1.165, 1.54) is 4.90 Å². The molecular weight excluding hydrogens is 322 g/mol. The van der Waals surface area contributed by atoms with Gasteiger partial charge in [0.15, 0.2) is 0 Å². The highest BCUT2D eigenvalue weighted by Crippen LogP contribution is 2.23. The summed E-state index contributed by atoms with van der Waals surface area (Å²) in [5.74, 6) is -0.808. The van der Waals surface area contributed by atoms with Crippen LogP contribution in [0.25, 0.3) is 0 Å². The standard InChI is InChI=1S/C18H21N3O4/c1-12-16(23)19(2)10-11-20(12)15(22)8-5-9-21-17(24)13-6-3-4-7-14(13)18(21)25/h3-4,6-7,12H,5,8-11H2,1-2H3. The molecule has 2 aliphatic rings. The molecule has 0 bridgehead atoms. The number of nitrogens with zero attached hydrogens (tertiary/aromatic N) is 3. The van der Waals surface area contributed by atoms with Crippen molar-refractivity contribution in [3.63, 3.8) is 0 Å². The van der Waals surface area contributed by atoms with Gasteiger partial charge in [0.2, 0.25) is 11.8 Å². The molecule has 1 atom stereocenters. The van der Waals surface area contributed by atoms with Gasteiger partial charge in [0, 0.05) is 33.1 Å². The SMILES string of the molecule is CC1C(=O)N(C)CCN1C(=O)CCCN1C(=O)c2ccccc2C1=O. The number of amides is 4. The zero-order valence-electron chi connectivity index (χ0n) is 14.4. The normalized spacial score (nSPS) is 20.3. The second-order valence-corrected chi connectivity index (χ2v) is 6.43. The molecule has 0 radical (unpaired) electrons. The van der Waals surface area contributed by atoms with Gasteiger partial charge < -0.3 is 9.80 Å². The van der Waals surface area contributed by atoms with Gasteiger partial charge in [-0.25, -0.2) is 0 Å². The molecule has 0 saturated carbocycles. The first-order valence-electron chi connectivity index (χ1n) is 8.41. The Kier molecular flexibility index (Phi) is 4.57. The summed E-state index contributed by atoms with van der Waals surface area (Å²) in [6.45, 7) is 2.96. The lowest BCUT2D eigenvalue weighted by atomic mass is 10.1. The average molecular weight is 343 g/mol. The van der Waals surface area contributed by atoms with Crippen molar-refractivity contribution in [3.05, 3.63) is 35.4 Å². The van der Waals surface area contributed by atoms with Crippen molar-refractivity contribution >= 4 is 23.6 Å². The minimum absolute atomic E-state index is 0.0695. The number of likely N-dealkylation sites (N-methyl/N-ethyl adjacent to an activating group) is 1. The molecule has 0 spiro atoms. The predicted molar refractivity (Wildman–Crippen MR) is 89.9 cm³/mol. The van der Waals surface area contributed by atoms with Crippen LogP contribution in [0.15, 0.2) is 24.3 Å². The molecule has 7 heteroatoms. The number of imide groups is 1. The summed E-state index contributed by atoms with van der Waals surface area (Å²) in [4.78, 5) is 53.3. The molecule has 25 heavy (non-hydrogen) atoms. The third kappa shape index (κ3) is 3.01. The Morgan fingerprint density at radius 1 is 1.08 bits per heavy atom. The molecule has 1 saturated heterocycles. The Morgan fingerprint density at radius 3 is 2.28 bits per heavy atom. The summed E-state index contributed by atoms with van der Waals surface area (Å²) < 4.78 is 0. The maximum atomic E-state index is 12.4. The van der Waals surface area contributed by atoms with Crippen LogP contribution in [0.2, 0.25) is 0 Å². The third-order valence-electron chi connectivity index (χ3n) is 4.85. The summed E-state index contributed by atoms with van der Waals surface area (Å²) in [5, 5.41) is 0. The van der Waals surface area contributed by atoms with Crippen molar-refractivity contribution < 1.29 is 19.2 Å². The maximum Gasteiger partial charge on any atom is 0.261 e. The van der Waals surface area contributed by atoms with Gasteiger partial charge in [-0.15, -0.1) is 0 Å². The smallest absolute Gasteiger partial charge is 0.261 e. The van der Waals surface area contributed by atoms with Crippen LogP contribution < -0.4 is 0 Å². The zero-order chi connectivity index (χ0) is 18.1. The van der Waals surface area contributed by atoms with Crippen LogP contribution in [0, 0.1) is 0 Å². The van der Waals surface area contributed by atoms with Gasteiger partial charge in [0.05, 0.1) is 11.1 Å². The molecule has 4 amide bonds. The molecule has 0 N–H and O–H groups in total. The fourth-order valence-corrected chi connectivity index (χ4v) is 3.33. The monoisotopic (exact) mass is 343 g/mol. The highest BCUT2D eigenvalue weighted by molar-refractivity contribution is 6.21. The van der Waals surface area contributed by atoms with Gasteiger partial charge in [0.1, 0.15) is 6.04 Å².